The molecular weight excluding hydrogens is 1800 g/mol. The topological polar surface area (TPSA) is 155 Å². The van der Waals surface area contributed by atoms with Crippen LogP contribution >= 0.6 is 0 Å². The number of fused-ring (bicyclic) bond motifs is 27. The summed E-state index contributed by atoms with van der Waals surface area (Å²) in [5.41, 5.74) is 20.2. The second-order valence-corrected chi connectivity index (χ2v) is 37.1. The van der Waals surface area contributed by atoms with Crippen LogP contribution < -0.4 is 0 Å². The van der Waals surface area contributed by atoms with Crippen molar-refractivity contribution in [3.63, 3.8) is 0 Å². The van der Waals surface area contributed by atoms with E-state index >= 15 is 0 Å². The van der Waals surface area contributed by atoms with E-state index in [2.05, 4.69) is 315 Å². The Kier molecular flexibility index (Phi) is 20.6. The molecule has 0 aliphatic carbocycles. The molecule has 0 aliphatic rings. The van der Waals surface area contributed by atoms with E-state index in [1.54, 1.807) is 0 Å². The van der Waals surface area contributed by atoms with E-state index in [1.807, 2.05) is 176 Å². The lowest BCUT2D eigenvalue weighted by molar-refractivity contribution is 0.668. The van der Waals surface area contributed by atoms with Crippen molar-refractivity contribution in [3.8, 4) is 136 Å². The van der Waals surface area contributed by atoms with Crippen LogP contribution in [-0.4, -0.2) is 44.9 Å². The average molecular weight is 1880 g/mol. The Morgan fingerprint density at radius 1 is 0.102 bits per heavy atom. The molecule has 12 heteroatoms. The van der Waals surface area contributed by atoms with Crippen molar-refractivity contribution in [2.75, 3.05) is 0 Å². The summed E-state index contributed by atoms with van der Waals surface area (Å²) in [6.45, 7) is 0. The first-order valence-corrected chi connectivity index (χ1v) is 49.3. The number of benzene rings is 24. The maximum Gasteiger partial charge on any atom is 0.164 e. The molecule has 30 aromatic rings. The van der Waals surface area contributed by atoms with Crippen molar-refractivity contribution in [1.82, 2.24) is 44.9 Å². The Bertz CT molecular complexity index is 10300. The van der Waals surface area contributed by atoms with Gasteiger partial charge < -0.3 is 13.3 Å². The normalized spacial score (nSPS) is 11.7. The summed E-state index contributed by atoms with van der Waals surface area (Å²) in [6.07, 6.45) is 0. The maximum absolute atomic E-state index is 6.34. The van der Waals surface area contributed by atoms with Crippen LogP contribution in [0, 0.1) is 0 Å². The fourth-order valence-corrected chi connectivity index (χ4v) is 21.7. The van der Waals surface area contributed by atoms with Crippen molar-refractivity contribution in [1.29, 1.82) is 0 Å². The molecule has 0 saturated carbocycles. The van der Waals surface area contributed by atoms with E-state index in [1.165, 1.54) is 48.5 Å². The van der Waals surface area contributed by atoms with Crippen LogP contribution in [0.15, 0.2) is 505 Å². The minimum absolute atomic E-state index is 0.629. The summed E-state index contributed by atoms with van der Waals surface area (Å²) < 4.78 is 18.9. The molecule has 0 aliphatic heterocycles. The summed E-state index contributed by atoms with van der Waals surface area (Å²) in [7, 11) is 0. The van der Waals surface area contributed by atoms with Gasteiger partial charge in [0.05, 0.1) is 0 Å². The number of hydrogen-bond acceptors (Lipinski definition) is 12. The van der Waals surface area contributed by atoms with Crippen molar-refractivity contribution in [2.45, 2.75) is 0 Å². The van der Waals surface area contributed by atoms with Gasteiger partial charge in [0, 0.05) is 98.5 Å². The Balaban J connectivity index is 0.000000107. The number of rotatable bonds is 12. The molecule has 6 heterocycles. The highest BCUT2D eigenvalue weighted by Crippen LogP contribution is 2.50. The molecule has 0 fully saturated rings. The number of aromatic nitrogens is 9. The first-order chi connectivity index (χ1) is 72.9. The molecule has 12 nitrogen and oxygen atoms in total. The zero-order valence-electron chi connectivity index (χ0n) is 79.0. The molecule has 0 amide bonds. The Morgan fingerprint density at radius 2 is 0.333 bits per heavy atom. The largest absolute Gasteiger partial charge is 0.456 e. The predicted molar refractivity (Wildman–Crippen MR) is 604 cm³/mol. The number of hydrogen-bond donors (Lipinski definition) is 0. The molecule has 6 aromatic heterocycles. The molecule has 24 aromatic carbocycles. The van der Waals surface area contributed by atoms with Crippen molar-refractivity contribution < 1.29 is 13.3 Å². The monoisotopic (exact) mass is 1880 g/mol. The zero-order valence-corrected chi connectivity index (χ0v) is 79.0. The molecule has 0 radical (unpaired) electrons. The third kappa shape index (κ3) is 15.0. The maximum atomic E-state index is 6.34. The first-order valence-electron chi connectivity index (χ1n) is 49.3. The van der Waals surface area contributed by atoms with Gasteiger partial charge in [-0.15, -0.1) is 0 Å². The van der Waals surface area contributed by atoms with E-state index in [4.69, 9.17) is 58.1 Å². The van der Waals surface area contributed by atoms with Crippen molar-refractivity contribution in [2.24, 2.45) is 0 Å². The second kappa shape index (κ2) is 35.7. The van der Waals surface area contributed by atoms with Gasteiger partial charge >= 0.3 is 0 Å². The lowest BCUT2D eigenvalue weighted by atomic mass is 9.88. The van der Waals surface area contributed by atoms with Crippen LogP contribution in [0.3, 0.4) is 0 Å². The molecular formula is C135H81N9O3. The summed E-state index contributed by atoms with van der Waals surface area (Å²) in [5.74, 6) is 5.71. The van der Waals surface area contributed by atoms with Gasteiger partial charge in [0.2, 0.25) is 0 Å². The third-order valence-electron chi connectivity index (χ3n) is 28.5. The van der Waals surface area contributed by atoms with E-state index in [0.29, 0.717) is 52.4 Å². The lowest BCUT2D eigenvalue weighted by Gasteiger charge is -2.17. The van der Waals surface area contributed by atoms with Gasteiger partial charge in [0.15, 0.2) is 52.4 Å². The minimum Gasteiger partial charge on any atom is -0.456 e. The summed E-state index contributed by atoms with van der Waals surface area (Å²) >= 11 is 0. The van der Waals surface area contributed by atoms with Crippen molar-refractivity contribution >= 4 is 163 Å². The molecule has 0 unspecified atom stereocenters. The molecule has 30 rings (SSSR count). The van der Waals surface area contributed by atoms with Crippen LogP contribution in [0.4, 0.5) is 0 Å². The highest BCUT2D eigenvalue weighted by molar-refractivity contribution is 6.32. The van der Waals surface area contributed by atoms with Crippen molar-refractivity contribution in [3.05, 3.63) is 491 Å². The number of nitrogens with zero attached hydrogens (tertiary/aromatic N) is 9. The summed E-state index contributed by atoms with van der Waals surface area (Å²) in [4.78, 5) is 46.3. The predicted octanol–water partition coefficient (Wildman–Crippen LogP) is 35.7. The minimum atomic E-state index is 0.629. The molecule has 147 heavy (non-hydrogen) atoms. The second-order valence-electron chi connectivity index (χ2n) is 37.1. The van der Waals surface area contributed by atoms with Crippen LogP contribution in [0.2, 0.25) is 0 Å². The summed E-state index contributed by atoms with van der Waals surface area (Å²) in [6, 6.07) is 171. The first kappa shape index (κ1) is 85.1. The average Bonchev–Trinajstić information content (AvgIpc) is 1.70. The van der Waals surface area contributed by atoms with E-state index in [9.17, 15) is 0 Å². The Labute approximate surface area is 842 Å². The van der Waals surface area contributed by atoms with Gasteiger partial charge in [-0.25, -0.2) is 44.9 Å². The fourth-order valence-electron chi connectivity index (χ4n) is 21.7. The van der Waals surface area contributed by atoms with Gasteiger partial charge in [-0.1, -0.05) is 406 Å². The molecule has 0 N–H and O–H groups in total. The fraction of sp³-hybridized carbons (Fsp3) is 0. The van der Waals surface area contributed by atoms with Crippen LogP contribution in [0.5, 0.6) is 0 Å². The molecule has 0 saturated heterocycles. The smallest absolute Gasteiger partial charge is 0.164 e. The quantitative estimate of drug-likeness (QED) is 0.107. The highest BCUT2D eigenvalue weighted by atomic mass is 16.3. The van der Waals surface area contributed by atoms with Gasteiger partial charge in [0.1, 0.15) is 33.5 Å². The molecule has 0 spiro atoms. The highest BCUT2D eigenvalue weighted by Gasteiger charge is 2.27. The molecule has 0 atom stereocenters. The lowest BCUT2D eigenvalue weighted by Crippen LogP contribution is -2.01. The SMILES string of the molecule is c1ccc(-c2nc(-c3ccccc3)nc(-c3cc(-c4ccc5c(c4)oc4ccccc45)cc4c5ccccc5c5ccccc5c34)n2)cc1.c1ccc(-c2nc(-c3ccccc3)nc(-c3cc(-c4ccc5oc6ccccc6c5c4)cc4c5ccccc5c5ccccc5c34)n2)cc1.c1ccc(-c2nc(-c3ccccc3)nc(-c3cc(-c4cccc5oc6ccccc6c45)cc4c5ccccc5c5ccccc5c34)n2)cc1. The van der Waals surface area contributed by atoms with Gasteiger partial charge in [-0.05, 0) is 199 Å². The van der Waals surface area contributed by atoms with E-state index in [0.717, 1.165) is 198 Å². The number of para-hydroxylation sites is 3. The Morgan fingerprint density at radius 3 is 0.701 bits per heavy atom. The van der Waals surface area contributed by atoms with Crippen LogP contribution in [0.1, 0.15) is 0 Å². The van der Waals surface area contributed by atoms with Gasteiger partial charge in [-0.3, -0.25) is 0 Å². The summed E-state index contributed by atoms with van der Waals surface area (Å²) in [5, 5.41) is 27.7. The standard InChI is InChI=1S/3C45H27N3O/c1-3-14-28(15-4-1)43-46-44(29-16-5-2-6-17-29)48-45(47-43)38-27-30(31-23-13-25-40-42(31)36-22-11-12-24-39(36)49-40)26-37-34-20-8-7-18-32(34)33-19-9-10-21-35(33)41(37)38;1-3-13-28(14-4-1)43-46-44(29-15-5-2-6-16-29)48-45(47-43)39-26-31(30-23-24-36-35-20-11-12-22-40(35)49-41(36)27-30)25-38-34-19-8-7-17-32(34)33-18-9-10-21-37(33)42(38)39;1-3-13-28(14-4-1)43-46-44(29-15-5-2-6-16-29)48-45(47-43)39-27-31(30-23-24-41-37(25-30)35-20-11-12-22-40(35)49-41)26-38-34-19-8-7-17-32(34)33-18-9-10-21-36(33)42(38)39/h3*1-27H. The molecule has 684 valence electrons. The molecule has 0 bridgehead atoms. The van der Waals surface area contributed by atoms with Gasteiger partial charge in [0.25, 0.3) is 0 Å². The van der Waals surface area contributed by atoms with E-state index in [-0.39, 0.29) is 0 Å². The van der Waals surface area contributed by atoms with Crippen LogP contribution in [0.25, 0.3) is 299 Å². The van der Waals surface area contributed by atoms with Crippen LogP contribution in [-0.2, 0) is 0 Å². The van der Waals surface area contributed by atoms with Gasteiger partial charge in [-0.2, -0.15) is 0 Å². The Hall–Kier alpha value is -20.0. The number of furan rings is 3. The zero-order chi connectivity index (χ0) is 96.9. The van der Waals surface area contributed by atoms with E-state index < -0.39 is 0 Å². The third-order valence-corrected chi connectivity index (χ3v) is 28.5.